The lowest BCUT2D eigenvalue weighted by molar-refractivity contribution is -0.149. The lowest BCUT2D eigenvalue weighted by atomic mass is 9.53. The predicted octanol–water partition coefficient (Wildman–Crippen LogP) is 4.40. The van der Waals surface area contributed by atoms with Gasteiger partial charge in [-0.15, -0.1) is 0 Å². The molecule has 1 aromatic carbocycles. The molecule has 0 unspecified atom stereocenters. The minimum absolute atomic E-state index is 0.0140. The summed E-state index contributed by atoms with van der Waals surface area (Å²) in [4.78, 5) is 21.9. The number of carbonyl (C=O) groups is 1. The van der Waals surface area contributed by atoms with Gasteiger partial charge in [-0.05, 0) is 30.2 Å². The van der Waals surface area contributed by atoms with Crippen molar-refractivity contribution in [1.82, 2.24) is 9.97 Å². The summed E-state index contributed by atoms with van der Waals surface area (Å²) in [6.07, 6.45) is 5.25. The Morgan fingerprint density at radius 2 is 1.93 bits per heavy atom. The van der Waals surface area contributed by atoms with Crippen LogP contribution in [0.4, 0.5) is 0 Å². The predicted molar refractivity (Wildman–Crippen MR) is 103 cm³/mol. The number of fused-ring (bicyclic) bond motifs is 4. The van der Waals surface area contributed by atoms with Crippen molar-refractivity contribution in [2.75, 3.05) is 0 Å². The minimum atomic E-state index is -0.0140. The smallest absolute Gasteiger partial charge is 0.309 e. The lowest BCUT2D eigenvalue weighted by Crippen LogP contribution is -2.50. The van der Waals surface area contributed by atoms with Crippen LogP contribution in [-0.4, -0.2) is 22.0 Å². The van der Waals surface area contributed by atoms with E-state index in [1.165, 1.54) is 5.56 Å². The average molecular weight is 362 g/mol. The highest BCUT2D eigenvalue weighted by molar-refractivity contribution is 5.75. The molecule has 2 aliphatic carbocycles. The number of ether oxygens (including phenoxy) is 1. The van der Waals surface area contributed by atoms with Gasteiger partial charge >= 0.3 is 5.97 Å². The normalized spacial score (nSPS) is 37.1. The average Bonchev–Trinajstić information content (AvgIpc) is 2.95. The molecule has 0 bridgehead atoms. The van der Waals surface area contributed by atoms with Crippen molar-refractivity contribution in [1.29, 1.82) is 0 Å². The topological polar surface area (TPSA) is 52.1 Å². The van der Waals surface area contributed by atoms with E-state index in [0.717, 1.165) is 36.3 Å². The largest absolute Gasteiger partial charge is 0.461 e. The molecule has 0 amide bonds. The third-order valence-electron chi connectivity index (χ3n) is 7.39. The molecule has 2 heterocycles. The fourth-order valence-corrected chi connectivity index (χ4v) is 5.98. The van der Waals surface area contributed by atoms with Crippen molar-refractivity contribution in [3.05, 3.63) is 47.8 Å². The molecule has 4 heteroatoms. The summed E-state index contributed by atoms with van der Waals surface area (Å²) >= 11 is 0. The first kappa shape index (κ1) is 16.9. The first-order valence-electron chi connectivity index (χ1n) is 10.1. The molecule has 2 fully saturated rings. The first-order chi connectivity index (χ1) is 13.0. The maximum Gasteiger partial charge on any atom is 0.309 e. The van der Waals surface area contributed by atoms with Crippen LogP contribution < -0.4 is 0 Å². The molecule has 3 aliphatic rings. The molecule has 1 saturated carbocycles. The summed E-state index contributed by atoms with van der Waals surface area (Å²) in [7, 11) is 0. The lowest BCUT2D eigenvalue weighted by Gasteiger charge is -2.52. The van der Waals surface area contributed by atoms with Crippen LogP contribution in [0, 0.1) is 23.2 Å². The molecule has 27 heavy (non-hydrogen) atoms. The number of rotatable bonds is 1. The van der Waals surface area contributed by atoms with Gasteiger partial charge in [-0.25, -0.2) is 9.97 Å². The van der Waals surface area contributed by atoms with Gasteiger partial charge in [-0.3, -0.25) is 4.79 Å². The van der Waals surface area contributed by atoms with E-state index in [-0.39, 0.29) is 29.3 Å². The number of esters is 1. The Balaban J connectivity index is 1.57. The summed E-state index contributed by atoms with van der Waals surface area (Å²) in [6.45, 7) is 6.67. The van der Waals surface area contributed by atoms with E-state index in [4.69, 9.17) is 9.72 Å². The summed E-state index contributed by atoms with van der Waals surface area (Å²) in [5, 5.41) is 0. The highest BCUT2D eigenvalue weighted by Gasteiger charge is 2.58. The van der Waals surface area contributed by atoms with Crippen LogP contribution in [0.3, 0.4) is 0 Å². The number of carbonyl (C=O) groups excluding carboxylic acids is 1. The molecule has 140 valence electrons. The molecule has 2 aromatic rings. The van der Waals surface area contributed by atoms with Crippen molar-refractivity contribution in [2.45, 2.75) is 52.1 Å². The molecule has 5 rings (SSSR count). The van der Waals surface area contributed by atoms with Gasteiger partial charge < -0.3 is 4.74 Å². The molecule has 0 spiro atoms. The summed E-state index contributed by atoms with van der Waals surface area (Å²) in [6, 6.07) is 10.1. The van der Waals surface area contributed by atoms with E-state index in [1.54, 1.807) is 0 Å². The van der Waals surface area contributed by atoms with Crippen LogP contribution in [0.2, 0.25) is 0 Å². The van der Waals surface area contributed by atoms with E-state index >= 15 is 0 Å². The van der Waals surface area contributed by atoms with E-state index in [0.29, 0.717) is 11.8 Å². The van der Waals surface area contributed by atoms with Gasteiger partial charge in [0.1, 0.15) is 6.10 Å². The molecule has 1 aliphatic heterocycles. The van der Waals surface area contributed by atoms with Crippen LogP contribution in [0.25, 0.3) is 11.4 Å². The van der Waals surface area contributed by atoms with E-state index in [1.807, 2.05) is 31.3 Å². The molecular formula is C23H26N2O2. The SMILES string of the molecule is C[C@@H]1C(=O)O[C@@H]2[C@@H]1CC[C@]1(C)Cc3cnc(-c4ccccc4)nc3[C@@H](C)[C@@H]21. The van der Waals surface area contributed by atoms with Gasteiger partial charge in [0.05, 0.1) is 11.6 Å². The Hall–Kier alpha value is -2.23. The number of benzene rings is 1. The van der Waals surface area contributed by atoms with Crippen LogP contribution in [0.5, 0.6) is 0 Å². The van der Waals surface area contributed by atoms with Gasteiger partial charge in [0.15, 0.2) is 5.82 Å². The standard InChI is InChI=1S/C23H26N2O2/c1-13-17-9-10-23(3)11-16-12-24-21(15-7-5-4-6-8-15)25-19(16)14(2)18(23)20(17)27-22(13)26/h4-8,12-14,17-18,20H,9-11H2,1-3H3/t13-,14-,17+,18-,20+,23+/m0/s1. The van der Waals surface area contributed by atoms with Gasteiger partial charge in [0, 0.05) is 29.5 Å². The second-order valence-corrected chi connectivity index (χ2v) is 9.01. The summed E-state index contributed by atoms with van der Waals surface area (Å²) in [5.41, 5.74) is 3.60. The molecule has 4 nitrogen and oxygen atoms in total. The monoisotopic (exact) mass is 362 g/mol. The van der Waals surface area contributed by atoms with Crippen molar-refractivity contribution < 1.29 is 9.53 Å². The Labute approximate surface area is 160 Å². The maximum atomic E-state index is 12.3. The van der Waals surface area contributed by atoms with Crippen molar-refractivity contribution >= 4 is 5.97 Å². The molecule has 6 atom stereocenters. The quantitative estimate of drug-likeness (QED) is 0.706. The Morgan fingerprint density at radius 3 is 2.70 bits per heavy atom. The Morgan fingerprint density at radius 1 is 1.15 bits per heavy atom. The number of hydrogen-bond acceptors (Lipinski definition) is 4. The van der Waals surface area contributed by atoms with Gasteiger partial charge in [0.2, 0.25) is 0 Å². The summed E-state index contributed by atoms with van der Waals surface area (Å²) < 4.78 is 5.93. The summed E-state index contributed by atoms with van der Waals surface area (Å²) in [5.74, 6) is 1.74. The van der Waals surface area contributed by atoms with Crippen LogP contribution >= 0.6 is 0 Å². The van der Waals surface area contributed by atoms with Crippen LogP contribution in [0.1, 0.15) is 50.8 Å². The number of hydrogen-bond donors (Lipinski definition) is 0. The van der Waals surface area contributed by atoms with Crippen molar-refractivity contribution in [3.63, 3.8) is 0 Å². The van der Waals surface area contributed by atoms with Gasteiger partial charge in [0.25, 0.3) is 0 Å². The first-order valence-corrected chi connectivity index (χ1v) is 10.1. The highest BCUT2D eigenvalue weighted by atomic mass is 16.6. The second-order valence-electron chi connectivity index (χ2n) is 9.01. The zero-order chi connectivity index (χ0) is 18.8. The molecular weight excluding hydrogens is 336 g/mol. The zero-order valence-corrected chi connectivity index (χ0v) is 16.2. The Kier molecular flexibility index (Phi) is 3.68. The highest BCUT2D eigenvalue weighted by Crippen LogP contribution is 2.58. The minimum Gasteiger partial charge on any atom is -0.461 e. The van der Waals surface area contributed by atoms with Crippen LogP contribution in [0.15, 0.2) is 36.5 Å². The fraction of sp³-hybridized carbons (Fsp3) is 0.522. The number of nitrogens with zero attached hydrogens (tertiary/aromatic N) is 2. The fourth-order valence-electron chi connectivity index (χ4n) is 5.98. The molecule has 1 saturated heterocycles. The van der Waals surface area contributed by atoms with E-state index in [2.05, 4.69) is 31.0 Å². The molecule has 1 aromatic heterocycles. The number of aromatic nitrogens is 2. The second kappa shape index (κ2) is 5.88. The van der Waals surface area contributed by atoms with Crippen LogP contribution in [-0.2, 0) is 16.0 Å². The van der Waals surface area contributed by atoms with E-state index in [9.17, 15) is 4.79 Å². The maximum absolute atomic E-state index is 12.3. The Bertz CT molecular complexity index is 897. The molecule has 0 radical (unpaired) electrons. The third kappa shape index (κ3) is 2.45. The van der Waals surface area contributed by atoms with Gasteiger partial charge in [-0.1, -0.05) is 51.1 Å². The third-order valence-corrected chi connectivity index (χ3v) is 7.39. The van der Waals surface area contributed by atoms with Crippen molar-refractivity contribution in [2.24, 2.45) is 23.2 Å². The van der Waals surface area contributed by atoms with Crippen molar-refractivity contribution in [3.8, 4) is 11.4 Å². The molecule has 0 N–H and O–H groups in total. The van der Waals surface area contributed by atoms with E-state index < -0.39 is 0 Å². The van der Waals surface area contributed by atoms with Gasteiger partial charge in [-0.2, -0.15) is 0 Å². The zero-order valence-electron chi connectivity index (χ0n) is 16.2.